The Hall–Kier alpha value is -1.52. The number of aliphatic hydroxyl groups is 1. The van der Waals surface area contributed by atoms with Crippen molar-refractivity contribution in [2.24, 2.45) is 0 Å². The number of esters is 1. The maximum atomic E-state index is 11.1. The van der Waals surface area contributed by atoms with Gasteiger partial charge in [0.15, 0.2) is 0 Å². The summed E-state index contributed by atoms with van der Waals surface area (Å²) in [6.45, 7) is 7.07. The molecule has 0 spiro atoms. The van der Waals surface area contributed by atoms with E-state index in [2.05, 4.69) is 6.58 Å². The first-order valence-electron chi connectivity index (χ1n) is 8.18. The van der Waals surface area contributed by atoms with Gasteiger partial charge in [-0.3, -0.25) is 0 Å². The normalized spacial score (nSPS) is 11.4. The third-order valence-electron chi connectivity index (χ3n) is 3.29. The Balaban J connectivity index is 0. The van der Waals surface area contributed by atoms with E-state index in [0.29, 0.717) is 43.1 Å². The van der Waals surface area contributed by atoms with Gasteiger partial charge in [0.25, 0.3) is 0 Å². The molecule has 0 aliphatic rings. The zero-order chi connectivity index (χ0) is 20.6. The number of hydrogen-bond acceptors (Lipinski definition) is 7. The number of carboxylic acid groups (broad SMARTS) is 1. The molecule has 0 bridgehead atoms. The van der Waals surface area contributed by atoms with Gasteiger partial charge in [-0.25, -0.2) is 9.59 Å². The summed E-state index contributed by atoms with van der Waals surface area (Å²) in [5, 5.41) is 16.7. The lowest BCUT2D eigenvalue weighted by molar-refractivity contribution is -0.139. The highest BCUT2D eigenvalue weighted by molar-refractivity contribution is 6.60. The quantitative estimate of drug-likeness (QED) is 0.225. The van der Waals surface area contributed by atoms with Crippen molar-refractivity contribution in [1.29, 1.82) is 0 Å². The summed E-state index contributed by atoms with van der Waals surface area (Å²) in [7, 11) is 2.13. The van der Waals surface area contributed by atoms with E-state index in [1.165, 1.54) is 0 Å². The largest absolute Gasteiger partial charge is 0.500 e. The fourth-order valence-electron chi connectivity index (χ4n) is 1.63. The highest BCUT2D eigenvalue weighted by Gasteiger charge is 2.36. The predicted molar refractivity (Wildman–Crippen MR) is 99.7 cm³/mol. The van der Waals surface area contributed by atoms with Crippen molar-refractivity contribution < 1.29 is 37.8 Å². The number of allylic oxidation sites excluding steroid dienone is 1. The number of carboxylic acids is 1. The Morgan fingerprint density at radius 1 is 1.08 bits per heavy atom. The van der Waals surface area contributed by atoms with Crippen LogP contribution in [-0.4, -0.2) is 65.5 Å². The molecule has 0 saturated heterocycles. The SMILES string of the molecule is C=C(C)C(=O)OCCC[Si](OC)(OC)OC.CC(=CCCCO)C(=O)O. The molecule has 152 valence electrons. The first-order valence-corrected chi connectivity index (χ1v) is 10.1. The molecule has 9 heteroatoms. The van der Waals surface area contributed by atoms with Crippen LogP contribution < -0.4 is 0 Å². The van der Waals surface area contributed by atoms with Crippen LogP contribution in [0.3, 0.4) is 0 Å². The van der Waals surface area contributed by atoms with Crippen LogP contribution in [0, 0.1) is 0 Å². The molecule has 0 atom stereocenters. The number of hydrogen-bond donors (Lipinski definition) is 2. The number of carbonyl (C=O) groups is 2. The highest BCUT2D eigenvalue weighted by atomic mass is 28.4. The van der Waals surface area contributed by atoms with E-state index in [-0.39, 0.29) is 12.6 Å². The minimum absolute atomic E-state index is 0.114. The van der Waals surface area contributed by atoms with Gasteiger partial charge in [0.2, 0.25) is 0 Å². The zero-order valence-corrected chi connectivity index (χ0v) is 17.4. The average molecular weight is 393 g/mol. The van der Waals surface area contributed by atoms with E-state index < -0.39 is 14.8 Å². The molecule has 0 aromatic carbocycles. The molecule has 8 nitrogen and oxygen atoms in total. The Morgan fingerprint density at radius 3 is 2.00 bits per heavy atom. The van der Waals surface area contributed by atoms with Gasteiger partial charge in [-0.15, -0.1) is 0 Å². The minimum Gasteiger partial charge on any atom is -0.478 e. The molecule has 0 radical (unpaired) electrons. The van der Waals surface area contributed by atoms with Gasteiger partial charge in [-0.1, -0.05) is 12.7 Å². The van der Waals surface area contributed by atoms with Crippen LogP contribution in [0.2, 0.25) is 6.04 Å². The van der Waals surface area contributed by atoms with Crippen molar-refractivity contribution in [3.63, 3.8) is 0 Å². The Kier molecular flexibility index (Phi) is 16.1. The van der Waals surface area contributed by atoms with Crippen molar-refractivity contribution in [2.75, 3.05) is 34.5 Å². The van der Waals surface area contributed by atoms with Crippen LogP contribution in [0.4, 0.5) is 0 Å². The molecule has 0 rings (SSSR count). The van der Waals surface area contributed by atoms with Crippen molar-refractivity contribution in [1.82, 2.24) is 0 Å². The summed E-state index contributed by atoms with van der Waals surface area (Å²) in [5.41, 5.74) is 0.738. The Morgan fingerprint density at radius 2 is 1.62 bits per heavy atom. The van der Waals surface area contributed by atoms with Crippen LogP contribution >= 0.6 is 0 Å². The van der Waals surface area contributed by atoms with Crippen molar-refractivity contribution >= 4 is 20.7 Å². The lowest BCUT2D eigenvalue weighted by Gasteiger charge is -2.24. The van der Waals surface area contributed by atoms with E-state index in [0.717, 1.165) is 0 Å². The number of aliphatic hydroxyl groups excluding tert-OH is 1. The predicted octanol–water partition coefficient (Wildman–Crippen LogP) is 2.16. The third kappa shape index (κ3) is 12.8. The average Bonchev–Trinajstić information content (AvgIpc) is 2.62. The lowest BCUT2D eigenvalue weighted by atomic mass is 10.2. The molecule has 0 aliphatic carbocycles. The molecule has 0 amide bonds. The third-order valence-corrected chi connectivity index (χ3v) is 6.12. The number of carbonyl (C=O) groups excluding carboxylic acids is 1. The maximum absolute atomic E-state index is 11.1. The number of rotatable bonds is 12. The lowest BCUT2D eigenvalue weighted by Crippen LogP contribution is -2.42. The van der Waals surface area contributed by atoms with Gasteiger partial charge in [0.05, 0.1) is 6.61 Å². The summed E-state index contributed by atoms with van der Waals surface area (Å²) in [5.74, 6) is -1.27. The second-order valence-corrected chi connectivity index (χ2v) is 8.46. The Labute approximate surface area is 156 Å². The number of unbranched alkanes of at least 4 members (excludes halogenated alkanes) is 1. The summed E-state index contributed by atoms with van der Waals surface area (Å²) < 4.78 is 20.6. The van der Waals surface area contributed by atoms with E-state index in [1.54, 1.807) is 41.3 Å². The molecule has 0 heterocycles. The van der Waals surface area contributed by atoms with Crippen LogP contribution in [0.25, 0.3) is 0 Å². The van der Waals surface area contributed by atoms with Crippen molar-refractivity contribution in [3.8, 4) is 0 Å². The molecule has 26 heavy (non-hydrogen) atoms. The first-order chi connectivity index (χ1) is 12.2. The second-order valence-electron chi connectivity index (χ2n) is 5.37. The molecule has 2 N–H and O–H groups in total. The van der Waals surface area contributed by atoms with Crippen LogP contribution in [0.15, 0.2) is 23.8 Å². The number of aliphatic carboxylic acids is 1. The van der Waals surface area contributed by atoms with Gasteiger partial charge < -0.3 is 28.2 Å². The van der Waals surface area contributed by atoms with E-state index in [4.69, 9.17) is 28.2 Å². The molecule has 0 fully saturated rings. The molecule has 0 aliphatic heterocycles. The maximum Gasteiger partial charge on any atom is 0.500 e. The van der Waals surface area contributed by atoms with Crippen LogP contribution in [0.1, 0.15) is 33.1 Å². The zero-order valence-electron chi connectivity index (χ0n) is 16.4. The molecule has 0 unspecified atom stereocenters. The summed E-state index contributed by atoms with van der Waals surface area (Å²) in [6, 6.07) is 0.611. The van der Waals surface area contributed by atoms with Gasteiger partial charge in [-0.05, 0) is 33.1 Å². The minimum atomic E-state index is -2.53. The van der Waals surface area contributed by atoms with Gasteiger partial charge >= 0.3 is 20.7 Å². The Bertz CT molecular complexity index is 449. The van der Waals surface area contributed by atoms with E-state index in [1.807, 2.05) is 0 Å². The van der Waals surface area contributed by atoms with E-state index >= 15 is 0 Å². The van der Waals surface area contributed by atoms with Gasteiger partial charge in [0.1, 0.15) is 0 Å². The van der Waals surface area contributed by atoms with Crippen molar-refractivity contribution in [2.45, 2.75) is 39.2 Å². The summed E-state index contributed by atoms with van der Waals surface area (Å²) in [4.78, 5) is 21.2. The smallest absolute Gasteiger partial charge is 0.478 e. The summed E-state index contributed by atoms with van der Waals surface area (Å²) in [6.07, 6.45) is 3.51. The van der Waals surface area contributed by atoms with Gasteiger partial charge in [-0.2, -0.15) is 0 Å². The first kappa shape index (κ1) is 26.7. The second kappa shape index (κ2) is 15.7. The van der Waals surface area contributed by atoms with E-state index in [9.17, 15) is 9.59 Å². The topological polar surface area (TPSA) is 112 Å². The molecule has 0 saturated carbocycles. The molecular weight excluding hydrogens is 360 g/mol. The monoisotopic (exact) mass is 392 g/mol. The molecule has 0 aromatic rings. The van der Waals surface area contributed by atoms with Crippen molar-refractivity contribution in [3.05, 3.63) is 23.8 Å². The van der Waals surface area contributed by atoms with Crippen LogP contribution in [-0.2, 0) is 27.6 Å². The van der Waals surface area contributed by atoms with Gasteiger partial charge in [0, 0.05) is 45.1 Å². The highest BCUT2D eigenvalue weighted by Crippen LogP contribution is 2.14. The summed E-state index contributed by atoms with van der Waals surface area (Å²) >= 11 is 0. The van der Waals surface area contributed by atoms with Crippen LogP contribution in [0.5, 0.6) is 0 Å². The molecular formula is C17H32O8Si. The fraction of sp³-hybridized carbons (Fsp3) is 0.647. The number of ether oxygens (including phenoxy) is 1. The standard InChI is InChI=1S/C10H20O5Si.C7H12O3/c1-9(2)10(11)15-7-6-8-16(12-3,13-4)14-5;1-6(7(9)10)4-2-3-5-8/h1,6-8H2,2-5H3;4,8H,2-3,5H2,1H3,(H,9,10). The fourth-order valence-corrected chi connectivity index (χ4v) is 3.32. The molecule has 0 aromatic heterocycles.